The minimum absolute atomic E-state index is 0.919. The molecular formula is C42H23NO2S. The number of nitrogens with zero attached hydrogens (tertiary/aromatic N) is 1. The first-order chi connectivity index (χ1) is 22.8. The van der Waals surface area contributed by atoms with Gasteiger partial charge in [-0.05, 0) is 48.5 Å². The molecule has 0 radical (unpaired) electrons. The van der Waals surface area contributed by atoms with Crippen molar-refractivity contribution >= 4 is 97.2 Å². The smallest absolute Gasteiger partial charge is 0.145 e. The fourth-order valence-electron chi connectivity index (χ4n) is 7.61. The van der Waals surface area contributed by atoms with Crippen molar-refractivity contribution in [3.8, 4) is 16.8 Å². The second-order valence-electron chi connectivity index (χ2n) is 12.0. The zero-order valence-electron chi connectivity index (χ0n) is 24.5. The van der Waals surface area contributed by atoms with Crippen molar-refractivity contribution in [2.24, 2.45) is 0 Å². The van der Waals surface area contributed by atoms with Gasteiger partial charge in [0.25, 0.3) is 0 Å². The first-order valence-corrected chi connectivity index (χ1v) is 16.3. The number of aromatic nitrogens is 1. The Kier molecular flexibility index (Phi) is 4.72. The molecule has 0 bridgehead atoms. The van der Waals surface area contributed by atoms with Crippen molar-refractivity contribution in [2.45, 2.75) is 0 Å². The van der Waals surface area contributed by atoms with E-state index in [-0.39, 0.29) is 0 Å². The largest absolute Gasteiger partial charge is 0.455 e. The number of benzene rings is 7. The second-order valence-corrected chi connectivity index (χ2v) is 13.1. The molecule has 0 N–H and O–H groups in total. The molecule has 214 valence electrons. The van der Waals surface area contributed by atoms with Crippen molar-refractivity contribution in [3.05, 3.63) is 140 Å². The van der Waals surface area contributed by atoms with Gasteiger partial charge in [0, 0.05) is 63.9 Å². The summed E-state index contributed by atoms with van der Waals surface area (Å²) in [5.74, 6) is 0. The van der Waals surface area contributed by atoms with Crippen LogP contribution >= 0.6 is 11.3 Å². The lowest BCUT2D eigenvalue weighted by Gasteiger charge is -2.08. The lowest BCUT2D eigenvalue weighted by atomic mass is 10.00. The predicted octanol–water partition coefficient (Wildman–Crippen LogP) is 12.6. The third kappa shape index (κ3) is 3.16. The van der Waals surface area contributed by atoms with Gasteiger partial charge in [-0.25, -0.2) is 0 Å². The number of hydrogen-bond acceptors (Lipinski definition) is 3. The molecule has 0 aliphatic rings. The molecular weight excluding hydrogens is 583 g/mol. The van der Waals surface area contributed by atoms with E-state index < -0.39 is 0 Å². The molecule has 4 heterocycles. The Morgan fingerprint density at radius 1 is 0.435 bits per heavy atom. The zero-order chi connectivity index (χ0) is 29.9. The molecule has 0 spiro atoms. The van der Waals surface area contributed by atoms with Gasteiger partial charge in [0.05, 0.1) is 16.4 Å². The molecule has 0 amide bonds. The molecule has 0 atom stereocenters. The van der Waals surface area contributed by atoms with Crippen LogP contribution in [0.5, 0.6) is 0 Å². The normalized spacial score (nSPS) is 12.3. The molecule has 0 aliphatic heterocycles. The number of hydrogen-bond donors (Lipinski definition) is 0. The average molecular weight is 606 g/mol. The van der Waals surface area contributed by atoms with Crippen LogP contribution in [0.25, 0.3) is 103 Å². The number of rotatable bonds is 2. The molecule has 4 aromatic heterocycles. The topological polar surface area (TPSA) is 31.2 Å². The molecule has 0 aliphatic carbocycles. The molecule has 0 fully saturated rings. The number of fused-ring (bicyclic) bond motifs is 13. The van der Waals surface area contributed by atoms with Gasteiger partial charge in [-0.1, -0.05) is 91.0 Å². The summed E-state index contributed by atoms with van der Waals surface area (Å²) in [5.41, 5.74) is 9.50. The maximum Gasteiger partial charge on any atom is 0.145 e. The van der Waals surface area contributed by atoms with Crippen LogP contribution < -0.4 is 0 Å². The van der Waals surface area contributed by atoms with Crippen molar-refractivity contribution < 1.29 is 8.83 Å². The number of para-hydroxylation sites is 4. The quantitative estimate of drug-likeness (QED) is 0.196. The minimum Gasteiger partial charge on any atom is -0.455 e. The van der Waals surface area contributed by atoms with E-state index in [0.717, 1.165) is 66.0 Å². The summed E-state index contributed by atoms with van der Waals surface area (Å²) in [5, 5.41) is 9.46. The van der Waals surface area contributed by atoms with Gasteiger partial charge in [-0.3, -0.25) is 0 Å². The van der Waals surface area contributed by atoms with Crippen LogP contribution in [0.1, 0.15) is 0 Å². The molecule has 7 aromatic carbocycles. The van der Waals surface area contributed by atoms with Crippen LogP contribution in [0, 0.1) is 0 Å². The SMILES string of the molecule is c1ccc2c(c1)oc1c(-c3cccc4c3sc3ccc(-n5c6ccccc6c6c7oc8ccccc8c7ccc65)cc34)cccc12. The molecule has 0 saturated carbocycles. The van der Waals surface area contributed by atoms with E-state index in [1.54, 1.807) is 0 Å². The van der Waals surface area contributed by atoms with Gasteiger partial charge in [0.15, 0.2) is 0 Å². The zero-order valence-corrected chi connectivity index (χ0v) is 25.3. The van der Waals surface area contributed by atoms with Gasteiger partial charge in [-0.15, -0.1) is 11.3 Å². The molecule has 0 saturated heterocycles. The van der Waals surface area contributed by atoms with E-state index in [2.05, 4.69) is 132 Å². The van der Waals surface area contributed by atoms with Crippen LogP contribution in [0.3, 0.4) is 0 Å². The van der Waals surface area contributed by atoms with Crippen LogP contribution in [0.15, 0.2) is 148 Å². The molecule has 0 unspecified atom stereocenters. The van der Waals surface area contributed by atoms with E-state index >= 15 is 0 Å². The van der Waals surface area contributed by atoms with Gasteiger partial charge < -0.3 is 13.4 Å². The van der Waals surface area contributed by atoms with E-state index in [1.807, 2.05) is 23.5 Å². The van der Waals surface area contributed by atoms with Crippen molar-refractivity contribution in [1.82, 2.24) is 4.57 Å². The Bertz CT molecular complexity index is 3040. The predicted molar refractivity (Wildman–Crippen MR) is 194 cm³/mol. The lowest BCUT2D eigenvalue weighted by molar-refractivity contribution is 0.670. The highest BCUT2D eigenvalue weighted by molar-refractivity contribution is 7.26. The third-order valence-electron chi connectivity index (χ3n) is 9.61. The summed E-state index contributed by atoms with van der Waals surface area (Å²) >= 11 is 1.85. The Morgan fingerprint density at radius 3 is 1.91 bits per heavy atom. The van der Waals surface area contributed by atoms with E-state index in [9.17, 15) is 0 Å². The van der Waals surface area contributed by atoms with Crippen LogP contribution in [-0.4, -0.2) is 4.57 Å². The monoisotopic (exact) mass is 605 g/mol. The standard InChI is InChI=1S/C42H23NO2S/c1-4-16-34-32(11-1)39-35(21-20-29-26-10-3-6-18-37(26)45-41(29)39)43(34)24-19-22-38-33(23-24)31-15-8-14-30(42(31)46-38)28-13-7-12-27-25-9-2-5-17-36(25)44-40(27)28/h1-23H. The molecule has 11 rings (SSSR count). The Morgan fingerprint density at radius 2 is 1.09 bits per heavy atom. The first-order valence-electron chi connectivity index (χ1n) is 15.5. The van der Waals surface area contributed by atoms with Gasteiger partial charge in [0.1, 0.15) is 22.3 Å². The maximum absolute atomic E-state index is 6.52. The lowest BCUT2D eigenvalue weighted by Crippen LogP contribution is -1.93. The van der Waals surface area contributed by atoms with Gasteiger partial charge in [-0.2, -0.15) is 0 Å². The minimum atomic E-state index is 0.919. The van der Waals surface area contributed by atoms with Crippen LogP contribution in [-0.2, 0) is 0 Å². The van der Waals surface area contributed by atoms with E-state index in [4.69, 9.17) is 8.83 Å². The highest BCUT2D eigenvalue weighted by atomic mass is 32.1. The summed E-state index contributed by atoms with van der Waals surface area (Å²) in [6.45, 7) is 0. The fourth-order valence-corrected chi connectivity index (χ4v) is 8.82. The Hall–Kier alpha value is -5.84. The van der Waals surface area contributed by atoms with Crippen molar-refractivity contribution in [3.63, 3.8) is 0 Å². The van der Waals surface area contributed by atoms with Gasteiger partial charge >= 0.3 is 0 Å². The van der Waals surface area contributed by atoms with E-state index in [0.29, 0.717) is 0 Å². The van der Waals surface area contributed by atoms with Crippen molar-refractivity contribution in [2.75, 3.05) is 0 Å². The maximum atomic E-state index is 6.52. The number of thiophene rings is 1. The second kappa shape index (κ2) is 8.87. The first kappa shape index (κ1) is 24.5. The third-order valence-corrected chi connectivity index (χ3v) is 10.8. The molecule has 4 heteroatoms. The summed E-state index contributed by atoms with van der Waals surface area (Å²) in [4.78, 5) is 0. The van der Waals surface area contributed by atoms with Crippen LogP contribution in [0.4, 0.5) is 0 Å². The summed E-state index contributed by atoms with van der Waals surface area (Å²) in [6, 6.07) is 49.8. The molecule has 46 heavy (non-hydrogen) atoms. The summed E-state index contributed by atoms with van der Waals surface area (Å²) < 4.78 is 17.9. The number of furan rings is 2. The van der Waals surface area contributed by atoms with E-state index in [1.165, 1.54) is 36.6 Å². The fraction of sp³-hybridized carbons (Fsp3) is 0. The summed E-state index contributed by atoms with van der Waals surface area (Å²) in [6.07, 6.45) is 0. The average Bonchev–Trinajstić information content (AvgIpc) is 3.86. The van der Waals surface area contributed by atoms with Gasteiger partial charge in [0.2, 0.25) is 0 Å². The van der Waals surface area contributed by atoms with Crippen LogP contribution in [0.2, 0.25) is 0 Å². The highest BCUT2D eigenvalue weighted by Gasteiger charge is 2.20. The molecule has 11 aromatic rings. The Labute approximate surface area is 266 Å². The summed E-state index contributed by atoms with van der Waals surface area (Å²) in [7, 11) is 0. The Balaban J connectivity index is 1.17. The van der Waals surface area contributed by atoms with Crippen molar-refractivity contribution in [1.29, 1.82) is 0 Å². The highest BCUT2D eigenvalue weighted by Crippen LogP contribution is 2.45. The molecule has 3 nitrogen and oxygen atoms in total.